The fourth-order valence-corrected chi connectivity index (χ4v) is 3.14. The molecular formula is C14H30NO+. The third kappa shape index (κ3) is 3.46. The summed E-state index contributed by atoms with van der Waals surface area (Å²) in [6.45, 7) is 7.29. The van der Waals surface area contributed by atoms with Crippen LogP contribution in [0, 0.1) is 0 Å². The van der Waals surface area contributed by atoms with E-state index in [1.54, 1.807) is 0 Å². The van der Waals surface area contributed by atoms with Crippen LogP contribution in [0.1, 0.15) is 52.4 Å². The molecule has 1 fully saturated rings. The maximum atomic E-state index is 5.53. The Morgan fingerprint density at radius 1 is 1.25 bits per heavy atom. The van der Waals surface area contributed by atoms with Crippen molar-refractivity contribution in [1.82, 2.24) is 0 Å². The maximum Gasteiger partial charge on any atom is 0.0910 e. The largest absolute Gasteiger partial charge is 0.381 e. The van der Waals surface area contributed by atoms with Gasteiger partial charge in [-0.15, -0.1) is 0 Å². The zero-order valence-electron chi connectivity index (χ0n) is 11.7. The second-order valence-electron chi connectivity index (χ2n) is 5.58. The first-order valence-electron chi connectivity index (χ1n) is 7.03. The van der Waals surface area contributed by atoms with Gasteiger partial charge in [-0.3, -0.25) is 0 Å². The van der Waals surface area contributed by atoms with Crippen molar-refractivity contribution < 1.29 is 9.22 Å². The van der Waals surface area contributed by atoms with Crippen LogP contribution < -0.4 is 0 Å². The van der Waals surface area contributed by atoms with Crippen molar-refractivity contribution >= 4 is 0 Å². The van der Waals surface area contributed by atoms with Crippen LogP contribution in [0.5, 0.6) is 0 Å². The highest BCUT2D eigenvalue weighted by atomic mass is 16.5. The van der Waals surface area contributed by atoms with E-state index in [0.29, 0.717) is 6.10 Å². The first-order chi connectivity index (χ1) is 7.66. The summed E-state index contributed by atoms with van der Waals surface area (Å²) in [5.41, 5.74) is 0. The molecule has 96 valence electrons. The van der Waals surface area contributed by atoms with Crippen molar-refractivity contribution in [3.8, 4) is 0 Å². The summed E-state index contributed by atoms with van der Waals surface area (Å²) in [5, 5.41) is 0. The minimum absolute atomic E-state index is 0.516. The van der Waals surface area contributed by atoms with Gasteiger partial charge in [0.1, 0.15) is 0 Å². The monoisotopic (exact) mass is 228 g/mol. The third-order valence-corrected chi connectivity index (χ3v) is 4.46. The molecule has 0 radical (unpaired) electrons. The predicted octanol–water partition coefficient (Wildman–Crippen LogP) is 3.21. The molecule has 0 bridgehead atoms. The van der Waals surface area contributed by atoms with Gasteiger partial charge in [0.25, 0.3) is 0 Å². The Morgan fingerprint density at radius 2 is 2.00 bits per heavy atom. The van der Waals surface area contributed by atoms with Crippen molar-refractivity contribution in [3.63, 3.8) is 0 Å². The molecule has 3 unspecified atom stereocenters. The Morgan fingerprint density at radius 3 is 2.56 bits per heavy atom. The standard InChI is InChI=1S/C14H30NO/c1-5-7-8-10-15(3)11-9-14(16-4)12-13(15)6-2/h13-14H,5-12H2,1-4H3/q+1. The fraction of sp³-hybridized carbons (Fsp3) is 1.00. The highest BCUT2D eigenvalue weighted by molar-refractivity contribution is 4.72. The predicted molar refractivity (Wildman–Crippen MR) is 69.6 cm³/mol. The number of nitrogens with zero attached hydrogens (tertiary/aromatic N) is 1. The van der Waals surface area contributed by atoms with Crippen LogP contribution in [0.15, 0.2) is 0 Å². The average Bonchev–Trinajstić information content (AvgIpc) is 2.30. The number of piperidine rings is 1. The van der Waals surface area contributed by atoms with Crippen LogP contribution in [0.4, 0.5) is 0 Å². The highest BCUT2D eigenvalue weighted by Gasteiger charge is 2.37. The van der Waals surface area contributed by atoms with E-state index in [9.17, 15) is 0 Å². The average molecular weight is 228 g/mol. The van der Waals surface area contributed by atoms with Crippen LogP contribution in [0.2, 0.25) is 0 Å². The van der Waals surface area contributed by atoms with Gasteiger partial charge in [-0.05, 0) is 19.3 Å². The molecule has 0 spiro atoms. The van der Waals surface area contributed by atoms with E-state index >= 15 is 0 Å². The number of likely N-dealkylation sites (tertiary alicyclic amines) is 1. The molecule has 0 aromatic carbocycles. The first kappa shape index (κ1) is 14.0. The number of ether oxygens (including phenoxy) is 1. The second-order valence-corrected chi connectivity index (χ2v) is 5.58. The van der Waals surface area contributed by atoms with Crippen molar-refractivity contribution in [1.29, 1.82) is 0 Å². The van der Waals surface area contributed by atoms with Gasteiger partial charge in [0, 0.05) is 20.0 Å². The summed E-state index contributed by atoms with van der Waals surface area (Å²) in [4.78, 5) is 0. The summed E-state index contributed by atoms with van der Waals surface area (Å²) in [6, 6.07) is 0.815. The molecule has 0 aromatic rings. The number of unbranched alkanes of at least 4 members (excludes halogenated alkanes) is 2. The summed E-state index contributed by atoms with van der Waals surface area (Å²) in [5.74, 6) is 0. The number of rotatable bonds is 6. The van der Waals surface area contributed by atoms with E-state index in [2.05, 4.69) is 20.9 Å². The third-order valence-electron chi connectivity index (χ3n) is 4.46. The minimum atomic E-state index is 0.516. The van der Waals surface area contributed by atoms with E-state index in [1.165, 1.54) is 56.1 Å². The van der Waals surface area contributed by atoms with Crippen molar-refractivity contribution in [2.75, 3.05) is 27.2 Å². The Kier molecular flexibility index (Phi) is 5.77. The lowest BCUT2D eigenvalue weighted by Gasteiger charge is -2.46. The Bertz CT molecular complexity index is 191. The maximum absolute atomic E-state index is 5.53. The van der Waals surface area contributed by atoms with Crippen LogP contribution in [0.3, 0.4) is 0 Å². The van der Waals surface area contributed by atoms with Crippen molar-refractivity contribution in [2.24, 2.45) is 0 Å². The smallest absolute Gasteiger partial charge is 0.0910 e. The van der Waals surface area contributed by atoms with Crippen molar-refractivity contribution in [2.45, 2.75) is 64.5 Å². The van der Waals surface area contributed by atoms with E-state index in [1.807, 2.05) is 7.11 Å². The molecule has 1 aliphatic rings. The van der Waals surface area contributed by atoms with Gasteiger partial charge in [0.05, 0.1) is 32.3 Å². The fourth-order valence-electron chi connectivity index (χ4n) is 3.14. The van der Waals surface area contributed by atoms with Gasteiger partial charge < -0.3 is 9.22 Å². The Hall–Kier alpha value is -0.0800. The van der Waals surface area contributed by atoms with Gasteiger partial charge >= 0.3 is 0 Å². The lowest BCUT2D eigenvalue weighted by molar-refractivity contribution is -0.939. The van der Waals surface area contributed by atoms with E-state index in [-0.39, 0.29) is 0 Å². The van der Waals surface area contributed by atoms with Crippen LogP contribution >= 0.6 is 0 Å². The molecule has 16 heavy (non-hydrogen) atoms. The number of quaternary nitrogens is 1. The molecule has 3 atom stereocenters. The quantitative estimate of drug-likeness (QED) is 0.501. The van der Waals surface area contributed by atoms with Crippen LogP contribution in [-0.4, -0.2) is 43.9 Å². The molecule has 2 nitrogen and oxygen atoms in total. The van der Waals surface area contributed by atoms with Gasteiger partial charge in [0.2, 0.25) is 0 Å². The SMILES string of the molecule is CCCCC[N+]1(C)CCC(OC)CC1CC. The molecule has 0 saturated carbocycles. The molecule has 0 aliphatic carbocycles. The summed E-state index contributed by atoms with van der Waals surface area (Å²) < 4.78 is 6.82. The molecule has 0 aromatic heterocycles. The van der Waals surface area contributed by atoms with Gasteiger partial charge in [-0.2, -0.15) is 0 Å². The summed E-state index contributed by atoms with van der Waals surface area (Å²) >= 11 is 0. The van der Waals surface area contributed by atoms with Crippen molar-refractivity contribution in [3.05, 3.63) is 0 Å². The highest BCUT2D eigenvalue weighted by Crippen LogP contribution is 2.28. The lowest BCUT2D eigenvalue weighted by Crippen LogP contribution is -2.58. The summed E-state index contributed by atoms with van der Waals surface area (Å²) in [6.07, 6.45) is 8.42. The molecule has 0 N–H and O–H groups in total. The molecule has 1 saturated heterocycles. The lowest BCUT2D eigenvalue weighted by atomic mass is 9.94. The molecule has 1 heterocycles. The topological polar surface area (TPSA) is 9.23 Å². The first-order valence-corrected chi connectivity index (χ1v) is 7.03. The molecule has 0 amide bonds. The molecule has 2 heteroatoms. The van der Waals surface area contributed by atoms with Gasteiger partial charge in [-0.25, -0.2) is 0 Å². The zero-order chi connectivity index (χ0) is 12.0. The number of hydrogen-bond acceptors (Lipinski definition) is 1. The molecule has 1 rings (SSSR count). The second kappa shape index (κ2) is 6.61. The Balaban J connectivity index is 2.49. The van der Waals surface area contributed by atoms with Gasteiger partial charge in [-0.1, -0.05) is 20.3 Å². The molecular weight excluding hydrogens is 198 g/mol. The van der Waals surface area contributed by atoms with Gasteiger partial charge in [0.15, 0.2) is 0 Å². The minimum Gasteiger partial charge on any atom is -0.381 e. The van der Waals surface area contributed by atoms with Crippen LogP contribution in [-0.2, 0) is 4.74 Å². The number of hydrogen-bond donors (Lipinski definition) is 0. The molecule has 1 aliphatic heterocycles. The number of methoxy groups -OCH3 is 1. The summed E-state index contributed by atoms with van der Waals surface area (Å²) in [7, 11) is 4.32. The van der Waals surface area contributed by atoms with Crippen LogP contribution in [0.25, 0.3) is 0 Å². The Labute approximate surface area is 102 Å². The van der Waals surface area contributed by atoms with E-state index in [0.717, 1.165) is 6.04 Å². The van der Waals surface area contributed by atoms with E-state index in [4.69, 9.17) is 4.74 Å². The van der Waals surface area contributed by atoms with E-state index < -0.39 is 0 Å². The zero-order valence-corrected chi connectivity index (χ0v) is 11.7. The normalized spacial score (nSPS) is 35.2.